The quantitative estimate of drug-likeness (QED) is 0.644. The molecule has 0 aliphatic heterocycles. The summed E-state index contributed by atoms with van der Waals surface area (Å²) in [6, 6.07) is 6.06. The number of rotatable bonds is 4. The van der Waals surface area contributed by atoms with Crippen LogP contribution in [0.1, 0.15) is 33.7 Å². The van der Waals surface area contributed by atoms with E-state index >= 15 is 0 Å². The molecule has 4 nitrogen and oxygen atoms in total. The van der Waals surface area contributed by atoms with E-state index in [1.807, 2.05) is 0 Å². The van der Waals surface area contributed by atoms with Gasteiger partial charge in [0.05, 0.1) is 16.6 Å². The number of nitrogens with one attached hydrogen (secondary N) is 2. The molecule has 0 aliphatic rings. The summed E-state index contributed by atoms with van der Waals surface area (Å²) in [5.74, 6) is -2.32. The Hall–Kier alpha value is -3.04. The second kappa shape index (κ2) is 6.93. The second-order valence-electron chi connectivity index (χ2n) is 5.64. The Labute approximate surface area is 148 Å². The molecule has 10 heteroatoms. The molecule has 1 heterocycles. The molecule has 0 radical (unpaired) electrons. The maximum atomic E-state index is 13.1. The summed E-state index contributed by atoms with van der Waals surface area (Å²) < 4.78 is 77.3. The van der Waals surface area contributed by atoms with E-state index < -0.39 is 42.3 Å². The van der Waals surface area contributed by atoms with E-state index in [4.69, 9.17) is 0 Å². The van der Waals surface area contributed by atoms with E-state index in [0.717, 1.165) is 12.1 Å². The standard InChI is InChI=1S/C17H11F6N3O/c18-10-3-1-9(11(6-10)17(21,22)23)7-24-16(27)8-2-4-12-13(5-8)26-15(25-12)14(19)20/h1-6,14H,7H2,(H,24,27)(H,25,26). The molecule has 142 valence electrons. The number of halogens is 6. The van der Waals surface area contributed by atoms with Crippen LogP contribution in [0.2, 0.25) is 0 Å². The van der Waals surface area contributed by atoms with Crippen molar-refractivity contribution in [2.24, 2.45) is 0 Å². The minimum Gasteiger partial charge on any atom is -0.348 e. The molecular formula is C17H11F6N3O. The van der Waals surface area contributed by atoms with E-state index in [9.17, 15) is 31.1 Å². The van der Waals surface area contributed by atoms with Crippen LogP contribution < -0.4 is 5.32 Å². The number of imidazole rings is 1. The molecule has 0 fully saturated rings. The highest BCUT2D eigenvalue weighted by Gasteiger charge is 2.33. The Kier molecular flexibility index (Phi) is 4.81. The van der Waals surface area contributed by atoms with E-state index in [0.29, 0.717) is 6.07 Å². The summed E-state index contributed by atoms with van der Waals surface area (Å²) in [5, 5.41) is 2.30. The van der Waals surface area contributed by atoms with E-state index in [1.165, 1.54) is 18.2 Å². The Bertz CT molecular complexity index is 996. The SMILES string of the molecule is O=C(NCc1ccc(F)cc1C(F)(F)F)c1ccc2nc(C(F)F)[nH]c2c1. The number of aromatic nitrogens is 2. The van der Waals surface area contributed by atoms with Gasteiger partial charge in [-0.3, -0.25) is 4.79 Å². The van der Waals surface area contributed by atoms with Gasteiger partial charge in [-0.05, 0) is 35.9 Å². The molecule has 2 aromatic carbocycles. The number of aromatic amines is 1. The van der Waals surface area contributed by atoms with Crippen LogP contribution in [0.25, 0.3) is 11.0 Å². The van der Waals surface area contributed by atoms with Gasteiger partial charge in [-0.1, -0.05) is 6.07 Å². The Balaban J connectivity index is 1.79. The van der Waals surface area contributed by atoms with E-state index in [-0.39, 0.29) is 22.2 Å². The zero-order valence-corrected chi connectivity index (χ0v) is 13.4. The normalized spacial score (nSPS) is 12.0. The lowest BCUT2D eigenvalue weighted by atomic mass is 10.1. The molecule has 0 saturated carbocycles. The first-order chi connectivity index (χ1) is 12.6. The molecule has 0 unspecified atom stereocenters. The number of benzene rings is 2. The minimum absolute atomic E-state index is 0.0441. The number of carbonyl (C=O) groups is 1. The maximum absolute atomic E-state index is 13.1. The van der Waals surface area contributed by atoms with Gasteiger partial charge in [0.25, 0.3) is 12.3 Å². The molecule has 0 bridgehead atoms. The summed E-state index contributed by atoms with van der Waals surface area (Å²) in [6.45, 7) is -0.489. The summed E-state index contributed by atoms with van der Waals surface area (Å²) in [7, 11) is 0. The highest BCUT2D eigenvalue weighted by atomic mass is 19.4. The van der Waals surface area contributed by atoms with Gasteiger partial charge in [0.15, 0.2) is 5.82 Å². The van der Waals surface area contributed by atoms with Crippen molar-refractivity contribution in [3.05, 3.63) is 64.7 Å². The molecule has 3 aromatic rings. The van der Waals surface area contributed by atoms with Crippen LogP contribution in [0.3, 0.4) is 0 Å². The van der Waals surface area contributed by atoms with Crippen molar-refractivity contribution in [3.63, 3.8) is 0 Å². The van der Waals surface area contributed by atoms with Gasteiger partial charge < -0.3 is 10.3 Å². The lowest BCUT2D eigenvalue weighted by Gasteiger charge is -2.13. The number of amides is 1. The predicted molar refractivity (Wildman–Crippen MR) is 83.6 cm³/mol. The average molecular weight is 387 g/mol. The monoisotopic (exact) mass is 387 g/mol. The molecule has 0 saturated heterocycles. The summed E-state index contributed by atoms with van der Waals surface area (Å²) in [4.78, 5) is 18.2. The average Bonchev–Trinajstić information content (AvgIpc) is 3.03. The minimum atomic E-state index is -4.78. The van der Waals surface area contributed by atoms with Gasteiger partial charge in [-0.2, -0.15) is 13.2 Å². The Morgan fingerprint density at radius 2 is 1.89 bits per heavy atom. The maximum Gasteiger partial charge on any atom is 0.416 e. The van der Waals surface area contributed by atoms with Crippen molar-refractivity contribution in [3.8, 4) is 0 Å². The summed E-state index contributed by atoms with van der Waals surface area (Å²) in [6.07, 6.45) is -7.59. The fourth-order valence-electron chi connectivity index (χ4n) is 2.52. The third-order valence-corrected chi connectivity index (χ3v) is 3.79. The first kappa shape index (κ1) is 18.7. The molecular weight excluding hydrogens is 376 g/mol. The van der Waals surface area contributed by atoms with Gasteiger partial charge in [0, 0.05) is 12.1 Å². The van der Waals surface area contributed by atoms with Crippen molar-refractivity contribution in [1.29, 1.82) is 0 Å². The van der Waals surface area contributed by atoms with Crippen LogP contribution in [0.15, 0.2) is 36.4 Å². The molecule has 27 heavy (non-hydrogen) atoms. The number of hydrogen-bond acceptors (Lipinski definition) is 2. The molecule has 0 spiro atoms. The fraction of sp³-hybridized carbons (Fsp3) is 0.176. The second-order valence-corrected chi connectivity index (χ2v) is 5.64. The summed E-state index contributed by atoms with van der Waals surface area (Å²) in [5.41, 5.74) is -1.04. The van der Waals surface area contributed by atoms with Gasteiger partial charge in [-0.15, -0.1) is 0 Å². The molecule has 0 atom stereocenters. The lowest BCUT2D eigenvalue weighted by Crippen LogP contribution is -2.24. The van der Waals surface area contributed by atoms with E-state index in [2.05, 4.69) is 15.3 Å². The number of hydrogen-bond donors (Lipinski definition) is 2. The Morgan fingerprint density at radius 3 is 2.56 bits per heavy atom. The fourth-order valence-corrected chi connectivity index (χ4v) is 2.52. The van der Waals surface area contributed by atoms with Crippen LogP contribution in [0.5, 0.6) is 0 Å². The van der Waals surface area contributed by atoms with Crippen molar-refractivity contribution in [2.45, 2.75) is 19.1 Å². The Morgan fingerprint density at radius 1 is 1.15 bits per heavy atom. The van der Waals surface area contributed by atoms with Crippen molar-refractivity contribution in [1.82, 2.24) is 15.3 Å². The summed E-state index contributed by atoms with van der Waals surface area (Å²) >= 11 is 0. The van der Waals surface area contributed by atoms with Crippen LogP contribution >= 0.6 is 0 Å². The van der Waals surface area contributed by atoms with Gasteiger partial charge >= 0.3 is 6.18 Å². The number of alkyl halides is 5. The highest BCUT2D eigenvalue weighted by molar-refractivity contribution is 5.97. The van der Waals surface area contributed by atoms with E-state index in [1.54, 1.807) is 0 Å². The first-order valence-corrected chi connectivity index (χ1v) is 7.57. The van der Waals surface area contributed by atoms with Crippen LogP contribution in [-0.4, -0.2) is 15.9 Å². The molecule has 0 aliphatic carbocycles. The molecule has 3 rings (SSSR count). The zero-order chi connectivity index (χ0) is 19.8. The smallest absolute Gasteiger partial charge is 0.348 e. The topological polar surface area (TPSA) is 57.8 Å². The first-order valence-electron chi connectivity index (χ1n) is 7.57. The lowest BCUT2D eigenvalue weighted by molar-refractivity contribution is -0.138. The van der Waals surface area contributed by atoms with Crippen molar-refractivity contribution in [2.75, 3.05) is 0 Å². The number of H-pyrrole nitrogens is 1. The number of nitrogens with zero attached hydrogens (tertiary/aromatic N) is 1. The van der Waals surface area contributed by atoms with Crippen LogP contribution in [0, 0.1) is 5.82 Å². The third kappa shape index (κ3) is 4.04. The van der Waals surface area contributed by atoms with Crippen molar-refractivity contribution >= 4 is 16.9 Å². The molecule has 1 aromatic heterocycles. The number of fused-ring (bicyclic) bond motifs is 1. The van der Waals surface area contributed by atoms with Crippen molar-refractivity contribution < 1.29 is 31.1 Å². The molecule has 1 amide bonds. The van der Waals surface area contributed by atoms with Gasteiger partial charge in [0.1, 0.15) is 5.82 Å². The van der Waals surface area contributed by atoms with Crippen LogP contribution in [-0.2, 0) is 12.7 Å². The van der Waals surface area contributed by atoms with Gasteiger partial charge in [-0.25, -0.2) is 18.2 Å². The molecule has 2 N–H and O–H groups in total. The highest BCUT2D eigenvalue weighted by Crippen LogP contribution is 2.32. The largest absolute Gasteiger partial charge is 0.416 e. The third-order valence-electron chi connectivity index (χ3n) is 3.79. The predicted octanol–water partition coefficient (Wildman–Crippen LogP) is 4.59. The zero-order valence-electron chi connectivity index (χ0n) is 13.4. The number of carbonyl (C=O) groups excluding carboxylic acids is 1. The van der Waals surface area contributed by atoms with Gasteiger partial charge in [0.2, 0.25) is 0 Å². The van der Waals surface area contributed by atoms with Crippen LogP contribution in [0.4, 0.5) is 26.3 Å².